The molecule has 0 N–H and O–H groups in total. The Morgan fingerprint density at radius 1 is 0.342 bits per heavy atom. The molecule has 0 saturated carbocycles. The third-order valence-electron chi connectivity index (χ3n) is 7.10. The Bertz CT molecular complexity index is 1650. The number of rotatable bonds is 2. The van der Waals surface area contributed by atoms with Crippen molar-refractivity contribution in [1.82, 2.24) is 0 Å². The Kier molecular flexibility index (Phi) is 4.29. The molecule has 0 unspecified atom stereocenters. The van der Waals surface area contributed by atoms with Crippen molar-refractivity contribution in [3.8, 4) is 0 Å². The number of benzene rings is 4. The van der Waals surface area contributed by atoms with Crippen LogP contribution in [0.1, 0.15) is 73.3 Å². The van der Waals surface area contributed by atoms with Gasteiger partial charge in [0.15, 0.2) is 11.6 Å². The molecular formula is C30H14N2O6. The van der Waals surface area contributed by atoms with Crippen molar-refractivity contribution in [2.45, 2.75) is 0 Å². The average molecular weight is 498 g/mol. The van der Waals surface area contributed by atoms with E-state index in [-0.39, 0.29) is 55.9 Å². The zero-order chi connectivity index (χ0) is 26.3. The van der Waals surface area contributed by atoms with Gasteiger partial charge in [0.05, 0.1) is 44.8 Å². The van der Waals surface area contributed by atoms with E-state index in [9.17, 15) is 28.8 Å². The Morgan fingerprint density at radius 2 is 0.658 bits per heavy atom. The lowest BCUT2D eigenvalue weighted by atomic mass is 9.82. The number of hydrogen-bond donors (Lipinski definition) is 0. The Balaban J connectivity index is 1.41. The molecule has 0 atom stereocenters. The smallest absolute Gasteiger partial charge is 0.266 e. The standard InChI is InChI=1S/C30H14N2O6/c33-25-19-11-5-13-21(31-27(35)15-7-1-2-8-16(15)28(31)36)23(19)26(34)24-20(25)12-6-14-22(24)32-29(37)17-9-3-4-10-18(17)30(32)38/h1-14H. The van der Waals surface area contributed by atoms with E-state index < -0.39 is 35.2 Å². The highest BCUT2D eigenvalue weighted by Gasteiger charge is 2.44. The van der Waals surface area contributed by atoms with Crippen LogP contribution in [0.4, 0.5) is 11.4 Å². The summed E-state index contributed by atoms with van der Waals surface area (Å²) in [5.41, 5.74) is 0.478. The first-order valence-corrected chi connectivity index (χ1v) is 11.7. The third-order valence-corrected chi connectivity index (χ3v) is 7.10. The lowest BCUT2D eigenvalue weighted by molar-refractivity contribution is 0.0910. The normalized spacial score (nSPS) is 15.6. The Hall–Kier alpha value is -5.50. The highest BCUT2D eigenvalue weighted by atomic mass is 16.2. The minimum Gasteiger partial charge on any atom is -0.289 e. The van der Waals surface area contributed by atoms with Crippen LogP contribution in [0.2, 0.25) is 0 Å². The molecule has 8 nitrogen and oxygen atoms in total. The summed E-state index contributed by atoms with van der Waals surface area (Å²) in [6, 6.07) is 21.4. The molecule has 4 amide bonds. The van der Waals surface area contributed by atoms with Crippen LogP contribution in [0, 0.1) is 0 Å². The number of amides is 4. The number of fused-ring (bicyclic) bond motifs is 4. The second-order valence-corrected chi connectivity index (χ2v) is 9.04. The molecule has 0 saturated heterocycles. The monoisotopic (exact) mass is 498 g/mol. The second kappa shape index (κ2) is 7.50. The summed E-state index contributed by atoms with van der Waals surface area (Å²) in [5, 5.41) is 0. The number of carbonyl (C=O) groups excluding carboxylic acids is 6. The zero-order valence-electron chi connectivity index (χ0n) is 19.4. The van der Waals surface area contributed by atoms with Crippen molar-refractivity contribution in [3.63, 3.8) is 0 Å². The first kappa shape index (κ1) is 21.8. The zero-order valence-corrected chi connectivity index (χ0v) is 19.4. The summed E-state index contributed by atoms with van der Waals surface area (Å²) in [4.78, 5) is 82.4. The van der Waals surface area contributed by atoms with Crippen LogP contribution in [0.3, 0.4) is 0 Å². The number of carbonyl (C=O) groups is 6. The number of imide groups is 2. The van der Waals surface area contributed by atoms with Crippen molar-refractivity contribution in [2.24, 2.45) is 0 Å². The van der Waals surface area contributed by atoms with Crippen LogP contribution in [-0.4, -0.2) is 35.2 Å². The van der Waals surface area contributed by atoms with Gasteiger partial charge in [0.1, 0.15) is 0 Å². The van der Waals surface area contributed by atoms with Crippen molar-refractivity contribution in [3.05, 3.63) is 129 Å². The fourth-order valence-electron chi connectivity index (χ4n) is 5.39. The molecule has 0 fully saturated rings. The molecule has 0 bridgehead atoms. The molecule has 2 aliphatic heterocycles. The fraction of sp³-hybridized carbons (Fsp3) is 0. The molecule has 0 aromatic heterocycles. The predicted octanol–water partition coefficient (Wildman–Crippen LogP) is 4.06. The largest absolute Gasteiger partial charge is 0.289 e. The molecule has 4 aromatic rings. The van der Waals surface area contributed by atoms with Crippen LogP contribution >= 0.6 is 0 Å². The van der Waals surface area contributed by atoms with Gasteiger partial charge in [-0.3, -0.25) is 28.8 Å². The number of hydrogen-bond acceptors (Lipinski definition) is 6. The maximum absolute atomic E-state index is 14.1. The Labute approximate surface area is 214 Å². The molecule has 2 heterocycles. The molecule has 0 spiro atoms. The maximum Gasteiger partial charge on any atom is 0.266 e. The minimum atomic E-state index is -0.672. The van der Waals surface area contributed by atoms with E-state index >= 15 is 0 Å². The molecule has 8 heteroatoms. The second-order valence-electron chi connectivity index (χ2n) is 9.04. The highest BCUT2D eigenvalue weighted by Crippen LogP contribution is 2.41. The van der Waals surface area contributed by atoms with Crippen LogP contribution in [0.25, 0.3) is 0 Å². The van der Waals surface area contributed by atoms with Gasteiger partial charge < -0.3 is 0 Å². The van der Waals surface area contributed by atoms with E-state index in [1.807, 2.05) is 0 Å². The van der Waals surface area contributed by atoms with Gasteiger partial charge in [0.25, 0.3) is 23.6 Å². The van der Waals surface area contributed by atoms with E-state index in [1.54, 1.807) is 24.3 Å². The summed E-state index contributed by atoms with van der Waals surface area (Å²) < 4.78 is 0. The van der Waals surface area contributed by atoms with Gasteiger partial charge in [0, 0.05) is 11.1 Å². The highest BCUT2D eigenvalue weighted by molar-refractivity contribution is 6.40. The third kappa shape index (κ3) is 2.63. The average Bonchev–Trinajstić information content (AvgIpc) is 3.35. The maximum atomic E-state index is 14.1. The van der Waals surface area contributed by atoms with Crippen molar-refractivity contribution >= 4 is 46.6 Å². The van der Waals surface area contributed by atoms with Gasteiger partial charge in [-0.2, -0.15) is 0 Å². The molecule has 3 aliphatic rings. The molecule has 180 valence electrons. The van der Waals surface area contributed by atoms with Crippen molar-refractivity contribution in [1.29, 1.82) is 0 Å². The minimum absolute atomic E-state index is 0.0241. The number of ketones is 2. The van der Waals surface area contributed by atoms with Gasteiger partial charge in [-0.1, -0.05) is 48.5 Å². The summed E-state index contributed by atoms with van der Waals surface area (Å²) in [7, 11) is 0. The SMILES string of the molecule is O=C1c2cccc(N3C(=O)c4ccccc4C3=O)c2C(=O)c2c1cccc2N1C(=O)c2ccccc2C1=O. The van der Waals surface area contributed by atoms with Crippen molar-refractivity contribution in [2.75, 3.05) is 9.80 Å². The van der Waals surface area contributed by atoms with Crippen LogP contribution in [0.15, 0.2) is 84.9 Å². The van der Waals surface area contributed by atoms with E-state index in [1.165, 1.54) is 60.7 Å². The summed E-state index contributed by atoms with van der Waals surface area (Å²) in [5.74, 6) is -3.64. The summed E-state index contributed by atoms with van der Waals surface area (Å²) >= 11 is 0. The van der Waals surface area contributed by atoms with Crippen LogP contribution < -0.4 is 9.80 Å². The van der Waals surface area contributed by atoms with Gasteiger partial charge in [-0.25, -0.2) is 9.80 Å². The number of nitrogens with zero attached hydrogens (tertiary/aromatic N) is 2. The Morgan fingerprint density at radius 3 is 1.00 bits per heavy atom. The number of anilines is 2. The van der Waals surface area contributed by atoms with E-state index in [0.717, 1.165) is 9.80 Å². The first-order valence-electron chi connectivity index (χ1n) is 11.7. The molecule has 4 aromatic carbocycles. The molecule has 1 aliphatic carbocycles. The van der Waals surface area contributed by atoms with E-state index in [4.69, 9.17) is 0 Å². The first-order chi connectivity index (χ1) is 18.4. The van der Waals surface area contributed by atoms with Crippen LogP contribution in [0.5, 0.6) is 0 Å². The van der Waals surface area contributed by atoms with E-state index in [2.05, 4.69) is 0 Å². The molecule has 0 radical (unpaired) electrons. The summed E-state index contributed by atoms with van der Waals surface area (Å²) in [6.45, 7) is 0. The topological polar surface area (TPSA) is 109 Å². The van der Waals surface area contributed by atoms with Gasteiger partial charge in [-0.15, -0.1) is 0 Å². The fourth-order valence-corrected chi connectivity index (χ4v) is 5.39. The van der Waals surface area contributed by atoms with Crippen LogP contribution in [-0.2, 0) is 0 Å². The van der Waals surface area contributed by atoms with Crippen molar-refractivity contribution < 1.29 is 28.8 Å². The lowest BCUT2D eigenvalue weighted by Crippen LogP contribution is -2.35. The lowest BCUT2D eigenvalue weighted by Gasteiger charge is -2.26. The summed E-state index contributed by atoms with van der Waals surface area (Å²) in [6.07, 6.45) is 0. The van der Waals surface area contributed by atoms with Gasteiger partial charge in [-0.05, 0) is 36.4 Å². The van der Waals surface area contributed by atoms with Gasteiger partial charge in [0.2, 0.25) is 0 Å². The predicted molar refractivity (Wildman–Crippen MR) is 135 cm³/mol. The quantitative estimate of drug-likeness (QED) is 0.340. The molecular weight excluding hydrogens is 484 g/mol. The molecule has 7 rings (SSSR count). The van der Waals surface area contributed by atoms with Gasteiger partial charge >= 0.3 is 0 Å². The molecule has 38 heavy (non-hydrogen) atoms. The van der Waals surface area contributed by atoms with E-state index in [0.29, 0.717) is 0 Å².